The Balaban J connectivity index is 2.15. The molecule has 0 aromatic carbocycles. The molecule has 0 saturated carbocycles. The summed E-state index contributed by atoms with van der Waals surface area (Å²) in [5.41, 5.74) is 0. The number of amides is 1. The summed E-state index contributed by atoms with van der Waals surface area (Å²) in [6, 6.07) is 0. The molecule has 1 atom stereocenters. The van der Waals surface area contributed by atoms with E-state index in [1.807, 2.05) is 0 Å². The monoisotopic (exact) mass is 231 g/mol. The SMILES string of the molecule is Cc1noc(CCCNC(=O)C(C)Cl)n1. The lowest BCUT2D eigenvalue weighted by molar-refractivity contribution is -0.120. The molecule has 0 spiro atoms. The van der Waals surface area contributed by atoms with Crippen LogP contribution in [0.25, 0.3) is 0 Å². The first kappa shape index (κ1) is 12.0. The molecule has 0 bridgehead atoms. The maximum Gasteiger partial charge on any atom is 0.237 e. The van der Waals surface area contributed by atoms with Crippen LogP contribution in [0.1, 0.15) is 25.1 Å². The van der Waals surface area contributed by atoms with E-state index < -0.39 is 5.38 Å². The van der Waals surface area contributed by atoms with Crippen LogP contribution < -0.4 is 5.32 Å². The highest BCUT2D eigenvalue weighted by molar-refractivity contribution is 6.30. The molecule has 15 heavy (non-hydrogen) atoms. The fourth-order valence-electron chi connectivity index (χ4n) is 1.03. The van der Waals surface area contributed by atoms with Gasteiger partial charge in [-0.1, -0.05) is 5.16 Å². The summed E-state index contributed by atoms with van der Waals surface area (Å²) in [6.07, 6.45) is 1.43. The van der Waals surface area contributed by atoms with E-state index in [4.69, 9.17) is 16.1 Å². The molecule has 1 unspecified atom stereocenters. The third-order valence-corrected chi connectivity index (χ3v) is 2.00. The first-order chi connectivity index (χ1) is 7.09. The topological polar surface area (TPSA) is 68.0 Å². The van der Waals surface area contributed by atoms with E-state index >= 15 is 0 Å². The van der Waals surface area contributed by atoms with Crippen molar-refractivity contribution in [2.45, 2.75) is 32.1 Å². The maximum atomic E-state index is 11.1. The van der Waals surface area contributed by atoms with Gasteiger partial charge < -0.3 is 9.84 Å². The lowest BCUT2D eigenvalue weighted by Gasteiger charge is -2.04. The molecule has 1 amide bonds. The molecule has 0 fully saturated rings. The number of hydrogen-bond acceptors (Lipinski definition) is 4. The summed E-state index contributed by atoms with van der Waals surface area (Å²) >= 11 is 5.57. The average molecular weight is 232 g/mol. The number of carbonyl (C=O) groups is 1. The number of nitrogens with zero attached hydrogens (tertiary/aromatic N) is 2. The lowest BCUT2D eigenvalue weighted by atomic mass is 10.3. The molecule has 1 rings (SSSR count). The molecule has 1 aromatic rings. The van der Waals surface area contributed by atoms with Gasteiger partial charge in [-0.3, -0.25) is 4.79 Å². The minimum absolute atomic E-state index is 0.154. The Morgan fingerprint density at radius 1 is 1.67 bits per heavy atom. The molecular weight excluding hydrogens is 218 g/mol. The number of carbonyl (C=O) groups excluding carboxylic acids is 1. The molecule has 0 aliphatic rings. The molecule has 6 heteroatoms. The van der Waals surface area contributed by atoms with Gasteiger partial charge in [0.1, 0.15) is 5.38 Å². The van der Waals surface area contributed by atoms with Gasteiger partial charge in [0.05, 0.1) is 0 Å². The zero-order chi connectivity index (χ0) is 11.3. The molecule has 84 valence electrons. The van der Waals surface area contributed by atoms with Crippen LogP contribution in [0.4, 0.5) is 0 Å². The van der Waals surface area contributed by atoms with Crippen molar-refractivity contribution >= 4 is 17.5 Å². The Morgan fingerprint density at radius 3 is 2.93 bits per heavy atom. The van der Waals surface area contributed by atoms with Gasteiger partial charge in [0.25, 0.3) is 0 Å². The second-order valence-corrected chi connectivity index (χ2v) is 3.90. The Kier molecular flexibility index (Phi) is 4.55. The summed E-state index contributed by atoms with van der Waals surface area (Å²) in [5, 5.41) is 5.87. The van der Waals surface area contributed by atoms with Crippen LogP contribution in [0, 0.1) is 6.92 Å². The van der Waals surface area contributed by atoms with Crippen molar-refractivity contribution in [3.8, 4) is 0 Å². The van der Waals surface area contributed by atoms with Gasteiger partial charge in [-0.15, -0.1) is 11.6 Å². The van der Waals surface area contributed by atoms with Gasteiger partial charge in [-0.2, -0.15) is 4.98 Å². The smallest absolute Gasteiger partial charge is 0.237 e. The van der Waals surface area contributed by atoms with E-state index in [0.717, 1.165) is 6.42 Å². The molecule has 0 aliphatic carbocycles. The zero-order valence-electron chi connectivity index (χ0n) is 8.79. The van der Waals surface area contributed by atoms with Gasteiger partial charge in [-0.05, 0) is 20.3 Å². The fraction of sp³-hybridized carbons (Fsp3) is 0.667. The summed E-state index contributed by atoms with van der Waals surface area (Å²) in [4.78, 5) is 15.1. The Bertz CT molecular complexity index is 325. The zero-order valence-corrected chi connectivity index (χ0v) is 9.54. The van der Waals surface area contributed by atoms with E-state index in [1.165, 1.54) is 0 Å². The highest BCUT2D eigenvalue weighted by Gasteiger charge is 2.08. The standard InChI is InChI=1S/C9H14ClN3O2/c1-6(10)9(14)11-5-3-4-8-12-7(2)13-15-8/h6H,3-5H2,1-2H3,(H,11,14). The van der Waals surface area contributed by atoms with Crippen LogP contribution in [0.15, 0.2) is 4.52 Å². The van der Waals surface area contributed by atoms with E-state index in [-0.39, 0.29) is 5.91 Å². The number of nitrogens with one attached hydrogen (secondary N) is 1. The number of aromatic nitrogens is 2. The van der Waals surface area contributed by atoms with Gasteiger partial charge in [0.2, 0.25) is 11.8 Å². The van der Waals surface area contributed by atoms with Crippen molar-refractivity contribution in [3.05, 3.63) is 11.7 Å². The minimum atomic E-state index is -0.490. The molecule has 1 N–H and O–H groups in total. The predicted octanol–water partition coefficient (Wildman–Crippen LogP) is 1.05. The van der Waals surface area contributed by atoms with Crippen LogP contribution in [-0.2, 0) is 11.2 Å². The van der Waals surface area contributed by atoms with Crippen LogP contribution in [0.3, 0.4) is 0 Å². The minimum Gasteiger partial charge on any atom is -0.355 e. The van der Waals surface area contributed by atoms with E-state index in [0.29, 0.717) is 24.7 Å². The summed E-state index contributed by atoms with van der Waals surface area (Å²) in [5.74, 6) is 1.07. The second kappa shape index (κ2) is 5.70. The average Bonchev–Trinajstić information content (AvgIpc) is 2.58. The van der Waals surface area contributed by atoms with Crippen molar-refractivity contribution < 1.29 is 9.32 Å². The number of aryl methyl sites for hydroxylation is 2. The summed E-state index contributed by atoms with van der Waals surface area (Å²) in [7, 11) is 0. The largest absolute Gasteiger partial charge is 0.355 e. The van der Waals surface area contributed by atoms with Gasteiger partial charge in [0, 0.05) is 13.0 Å². The van der Waals surface area contributed by atoms with E-state index in [2.05, 4.69) is 15.5 Å². The third kappa shape index (κ3) is 4.29. The van der Waals surface area contributed by atoms with E-state index in [1.54, 1.807) is 13.8 Å². The summed E-state index contributed by atoms with van der Waals surface area (Å²) < 4.78 is 4.92. The Morgan fingerprint density at radius 2 is 2.40 bits per heavy atom. The number of halogens is 1. The van der Waals surface area contributed by atoms with Crippen LogP contribution in [-0.4, -0.2) is 28.0 Å². The highest BCUT2D eigenvalue weighted by atomic mass is 35.5. The highest BCUT2D eigenvalue weighted by Crippen LogP contribution is 1.99. The van der Waals surface area contributed by atoms with Crippen molar-refractivity contribution in [2.75, 3.05) is 6.54 Å². The normalized spacial score (nSPS) is 12.5. The lowest BCUT2D eigenvalue weighted by Crippen LogP contribution is -2.30. The first-order valence-corrected chi connectivity index (χ1v) is 5.24. The first-order valence-electron chi connectivity index (χ1n) is 4.80. The maximum absolute atomic E-state index is 11.1. The predicted molar refractivity (Wildman–Crippen MR) is 55.7 cm³/mol. The quantitative estimate of drug-likeness (QED) is 0.608. The van der Waals surface area contributed by atoms with Crippen LogP contribution in [0.5, 0.6) is 0 Å². The third-order valence-electron chi connectivity index (χ3n) is 1.80. The number of alkyl halides is 1. The fourth-order valence-corrected chi connectivity index (χ4v) is 1.11. The van der Waals surface area contributed by atoms with Crippen LogP contribution in [0.2, 0.25) is 0 Å². The molecular formula is C9H14ClN3O2. The molecule has 0 radical (unpaired) electrons. The molecule has 5 nitrogen and oxygen atoms in total. The van der Waals surface area contributed by atoms with E-state index in [9.17, 15) is 4.79 Å². The number of rotatable bonds is 5. The van der Waals surface area contributed by atoms with Crippen molar-refractivity contribution in [1.29, 1.82) is 0 Å². The van der Waals surface area contributed by atoms with Crippen molar-refractivity contribution in [1.82, 2.24) is 15.5 Å². The molecule has 1 heterocycles. The number of hydrogen-bond donors (Lipinski definition) is 1. The van der Waals surface area contributed by atoms with Crippen molar-refractivity contribution in [3.63, 3.8) is 0 Å². The second-order valence-electron chi connectivity index (χ2n) is 3.25. The Labute approximate surface area is 93.2 Å². The molecule has 1 aromatic heterocycles. The van der Waals surface area contributed by atoms with Crippen molar-refractivity contribution in [2.24, 2.45) is 0 Å². The van der Waals surface area contributed by atoms with Gasteiger partial charge >= 0.3 is 0 Å². The Hall–Kier alpha value is -1.10. The van der Waals surface area contributed by atoms with Gasteiger partial charge in [-0.25, -0.2) is 0 Å². The molecule has 0 aliphatic heterocycles. The summed E-state index contributed by atoms with van der Waals surface area (Å²) in [6.45, 7) is 3.97. The van der Waals surface area contributed by atoms with Gasteiger partial charge in [0.15, 0.2) is 5.82 Å². The van der Waals surface area contributed by atoms with Crippen LogP contribution >= 0.6 is 11.6 Å². The molecule has 0 saturated heterocycles.